The Hall–Kier alpha value is -3.44. The number of hydrogen-bond acceptors (Lipinski definition) is 5. The molecule has 0 saturated heterocycles. The van der Waals surface area contributed by atoms with Gasteiger partial charge in [0.05, 0.1) is 23.9 Å². The molecule has 3 atom stereocenters. The lowest BCUT2D eigenvalue weighted by Crippen LogP contribution is -2.27. The predicted octanol–water partition coefficient (Wildman–Crippen LogP) is 5.05. The quantitative estimate of drug-likeness (QED) is 0.497. The summed E-state index contributed by atoms with van der Waals surface area (Å²) in [6.07, 6.45) is 3.51. The molecule has 0 bridgehead atoms. The van der Waals surface area contributed by atoms with E-state index in [0.717, 1.165) is 34.1 Å². The molecular weight excluding hydrogens is 388 g/mol. The number of para-hydroxylation sites is 1. The monoisotopic (exact) mass is 412 g/mol. The van der Waals surface area contributed by atoms with E-state index in [1.807, 2.05) is 73.8 Å². The molecule has 0 fully saturated rings. The van der Waals surface area contributed by atoms with Crippen molar-refractivity contribution < 1.29 is 14.6 Å². The molecule has 0 spiro atoms. The van der Waals surface area contributed by atoms with Crippen molar-refractivity contribution in [2.24, 2.45) is 5.92 Å². The molecule has 0 amide bonds. The Morgan fingerprint density at radius 1 is 1.10 bits per heavy atom. The van der Waals surface area contributed by atoms with Gasteiger partial charge in [0.15, 0.2) is 0 Å². The van der Waals surface area contributed by atoms with Gasteiger partial charge in [-0.1, -0.05) is 30.3 Å². The van der Waals surface area contributed by atoms with Crippen LogP contribution in [0.25, 0.3) is 10.9 Å². The Morgan fingerprint density at radius 2 is 2.00 bits per heavy atom. The molecule has 1 aliphatic heterocycles. The third-order valence-electron chi connectivity index (χ3n) is 5.77. The molecule has 1 aliphatic rings. The maximum absolute atomic E-state index is 10.9. The van der Waals surface area contributed by atoms with Crippen LogP contribution in [0.3, 0.4) is 0 Å². The Bertz CT molecular complexity index is 1200. The van der Waals surface area contributed by atoms with Crippen molar-refractivity contribution in [3.8, 4) is 11.5 Å². The molecule has 4 aromatic rings. The topological polar surface area (TPSA) is 64.5 Å². The van der Waals surface area contributed by atoms with Crippen LogP contribution < -0.4 is 9.47 Å². The molecular formula is C26H24N2O3. The maximum atomic E-state index is 10.9. The lowest BCUT2D eigenvalue weighted by molar-refractivity contribution is 0.0504. The summed E-state index contributed by atoms with van der Waals surface area (Å²) in [6, 6.07) is 21.7. The second-order valence-corrected chi connectivity index (χ2v) is 7.97. The number of aromatic nitrogens is 2. The Kier molecular flexibility index (Phi) is 5.26. The van der Waals surface area contributed by atoms with Crippen molar-refractivity contribution in [1.82, 2.24) is 9.97 Å². The molecule has 1 N–H and O–H groups in total. The molecule has 1 unspecified atom stereocenters. The van der Waals surface area contributed by atoms with Crippen molar-refractivity contribution in [1.29, 1.82) is 0 Å². The molecule has 5 heteroatoms. The first-order valence-electron chi connectivity index (χ1n) is 10.5. The van der Waals surface area contributed by atoms with Gasteiger partial charge in [0, 0.05) is 35.3 Å². The maximum Gasteiger partial charge on any atom is 0.138 e. The van der Waals surface area contributed by atoms with E-state index in [-0.39, 0.29) is 12.0 Å². The van der Waals surface area contributed by atoms with Gasteiger partial charge in [-0.15, -0.1) is 0 Å². The minimum Gasteiger partial charge on any atom is -0.493 e. The van der Waals surface area contributed by atoms with E-state index in [2.05, 4.69) is 11.1 Å². The van der Waals surface area contributed by atoms with Crippen molar-refractivity contribution >= 4 is 10.9 Å². The average molecular weight is 412 g/mol. The number of nitrogens with zero attached hydrogens (tertiary/aromatic N) is 2. The second kappa shape index (κ2) is 8.36. The number of aliphatic hydroxyl groups is 1. The molecule has 2 aromatic carbocycles. The van der Waals surface area contributed by atoms with Gasteiger partial charge in [-0.25, -0.2) is 4.98 Å². The van der Waals surface area contributed by atoms with Gasteiger partial charge in [0.2, 0.25) is 0 Å². The van der Waals surface area contributed by atoms with E-state index < -0.39 is 6.10 Å². The van der Waals surface area contributed by atoms with Crippen LogP contribution in [0.15, 0.2) is 79.1 Å². The number of fused-ring (bicyclic) bond motifs is 2. The van der Waals surface area contributed by atoms with E-state index in [1.165, 1.54) is 0 Å². The molecule has 156 valence electrons. The Labute approximate surface area is 181 Å². The Balaban J connectivity index is 1.31. The first-order valence-corrected chi connectivity index (χ1v) is 10.5. The summed E-state index contributed by atoms with van der Waals surface area (Å²) < 4.78 is 12.1. The van der Waals surface area contributed by atoms with Crippen LogP contribution in [0.1, 0.15) is 36.0 Å². The highest BCUT2D eigenvalue weighted by atomic mass is 16.5. The number of rotatable bonds is 5. The van der Waals surface area contributed by atoms with Crippen LogP contribution in [0.2, 0.25) is 0 Å². The van der Waals surface area contributed by atoms with Crippen LogP contribution in [0.5, 0.6) is 11.5 Å². The summed E-state index contributed by atoms with van der Waals surface area (Å²) >= 11 is 0. The third kappa shape index (κ3) is 4.09. The zero-order valence-corrected chi connectivity index (χ0v) is 17.3. The van der Waals surface area contributed by atoms with E-state index >= 15 is 0 Å². The van der Waals surface area contributed by atoms with Crippen LogP contribution >= 0.6 is 0 Å². The summed E-state index contributed by atoms with van der Waals surface area (Å²) in [4.78, 5) is 8.88. The van der Waals surface area contributed by atoms with Gasteiger partial charge in [-0.2, -0.15) is 0 Å². The summed E-state index contributed by atoms with van der Waals surface area (Å²) in [5.41, 5.74) is 3.71. The zero-order valence-electron chi connectivity index (χ0n) is 17.3. The molecule has 0 aliphatic carbocycles. The number of benzene rings is 2. The largest absolute Gasteiger partial charge is 0.493 e. The second-order valence-electron chi connectivity index (χ2n) is 7.97. The number of pyridine rings is 2. The van der Waals surface area contributed by atoms with Gasteiger partial charge in [-0.3, -0.25) is 4.98 Å². The minimum absolute atomic E-state index is 0.0100. The van der Waals surface area contributed by atoms with E-state index in [1.54, 1.807) is 6.20 Å². The molecule has 5 nitrogen and oxygen atoms in total. The van der Waals surface area contributed by atoms with E-state index in [9.17, 15) is 5.11 Å². The van der Waals surface area contributed by atoms with Crippen LogP contribution in [-0.2, 0) is 6.42 Å². The van der Waals surface area contributed by atoms with Crippen molar-refractivity contribution in [3.63, 3.8) is 0 Å². The molecule has 0 radical (unpaired) electrons. The molecule has 2 aromatic heterocycles. The van der Waals surface area contributed by atoms with Crippen LogP contribution in [-0.4, -0.2) is 21.7 Å². The highest BCUT2D eigenvalue weighted by molar-refractivity contribution is 5.78. The van der Waals surface area contributed by atoms with Crippen molar-refractivity contribution in [2.45, 2.75) is 25.6 Å². The summed E-state index contributed by atoms with van der Waals surface area (Å²) in [5, 5.41) is 12.0. The fourth-order valence-corrected chi connectivity index (χ4v) is 4.06. The summed E-state index contributed by atoms with van der Waals surface area (Å²) in [5.74, 6) is 1.36. The van der Waals surface area contributed by atoms with Crippen LogP contribution in [0, 0.1) is 5.92 Å². The van der Waals surface area contributed by atoms with Gasteiger partial charge in [0.1, 0.15) is 17.6 Å². The number of aliphatic hydroxyl groups excluding tert-OH is 1. The number of hydrogen-bond donors (Lipinski definition) is 1. The molecule has 3 heterocycles. The van der Waals surface area contributed by atoms with Crippen molar-refractivity contribution in [2.75, 3.05) is 6.61 Å². The molecule has 31 heavy (non-hydrogen) atoms. The summed E-state index contributed by atoms with van der Waals surface area (Å²) in [6.45, 7) is 2.44. The van der Waals surface area contributed by atoms with E-state index in [0.29, 0.717) is 18.1 Å². The van der Waals surface area contributed by atoms with E-state index in [4.69, 9.17) is 14.5 Å². The minimum atomic E-state index is -0.586. The lowest BCUT2D eigenvalue weighted by Gasteiger charge is -2.30. The fourth-order valence-electron chi connectivity index (χ4n) is 4.06. The first-order chi connectivity index (χ1) is 15.2. The smallest absolute Gasteiger partial charge is 0.138 e. The van der Waals surface area contributed by atoms with Gasteiger partial charge < -0.3 is 14.6 Å². The van der Waals surface area contributed by atoms with Gasteiger partial charge >= 0.3 is 0 Å². The lowest BCUT2D eigenvalue weighted by atomic mass is 9.88. The highest BCUT2D eigenvalue weighted by Gasteiger charge is 2.30. The van der Waals surface area contributed by atoms with Gasteiger partial charge in [-0.05, 0) is 49.2 Å². The highest BCUT2D eigenvalue weighted by Crippen LogP contribution is 2.39. The molecule has 5 rings (SSSR count). The number of ether oxygens (including phenoxy) is 2. The summed E-state index contributed by atoms with van der Waals surface area (Å²) in [7, 11) is 0. The third-order valence-corrected chi connectivity index (χ3v) is 5.77. The first kappa shape index (κ1) is 19.5. The normalized spacial score (nSPS) is 18.8. The predicted molar refractivity (Wildman–Crippen MR) is 119 cm³/mol. The van der Waals surface area contributed by atoms with Crippen molar-refractivity contribution in [3.05, 3.63) is 95.9 Å². The van der Waals surface area contributed by atoms with Gasteiger partial charge in [0.25, 0.3) is 0 Å². The van der Waals surface area contributed by atoms with Crippen LogP contribution in [0.4, 0.5) is 0 Å². The zero-order chi connectivity index (χ0) is 21.2. The Morgan fingerprint density at radius 3 is 2.87 bits per heavy atom. The fraction of sp³-hybridized carbons (Fsp3) is 0.231. The average Bonchev–Trinajstić information content (AvgIpc) is 2.81. The SMILES string of the molecule is CC(Oc1ccc2c(c1)OC[C@@H](Cc1cccnc1)[C@@H]2O)c1ccc2ccccc2n1. The standard InChI is InChI=1S/C26H24N2O3/c1-17(23-11-8-19-6-2-3-7-24(19)28-23)31-21-9-10-22-25(14-21)30-16-20(26(22)29)13-18-5-4-12-27-15-18/h2-12,14-15,17,20,26,29H,13,16H2,1H3/t17?,20-,26+/m1/s1. The molecule has 0 saturated carbocycles.